The molecule has 0 amide bonds. The molecule has 0 spiro atoms. The number of benzene rings is 1. The topological polar surface area (TPSA) is 63.8 Å². The summed E-state index contributed by atoms with van der Waals surface area (Å²) in [6, 6.07) is 3.44. The first-order valence-electron chi connectivity index (χ1n) is 4.44. The van der Waals surface area contributed by atoms with E-state index in [4.69, 9.17) is 5.73 Å². The summed E-state index contributed by atoms with van der Waals surface area (Å²) in [5.74, 6) is -1.49. The van der Waals surface area contributed by atoms with Gasteiger partial charge in [0.25, 0.3) is 0 Å². The van der Waals surface area contributed by atoms with Crippen LogP contribution in [0.1, 0.15) is 0 Å². The third-order valence-electron chi connectivity index (χ3n) is 1.92. The number of nitrogens with one attached hydrogen (secondary N) is 1. The van der Waals surface area contributed by atoms with Crippen LogP contribution >= 0.6 is 0 Å². The van der Waals surface area contributed by atoms with Crippen LogP contribution in [0.5, 0.6) is 0 Å². The highest BCUT2D eigenvalue weighted by molar-refractivity contribution is 5.67. The maximum absolute atomic E-state index is 12.9. The van der Waals surface area contributed by atoms with Gasteiger partial charge in [-0.15, -0.1) is 0 Å². The van der Waals surface area contributed by atoms with Gasteiger partial charge in [-0.05, 0) is 12.1 Å². The molecule has 0 aliphatic rings. The molecule has 0 unspecified atom stereocenters. The molecule has 0 bridgehead atoms. The number of halogens is 2. The lowest BCUT2D eigenvalue weighted by molar-refractivity contribution is 0.509. The molecule has 3 N–H and O–H groups in total. The Kier molecular flexibility index (Phi) is 2.63. The van der Waals surface area contributed by atoms with Crippen LogP contribution in [0.25, 0.3) is 0 Å². The minimum Gasteiger partial charge on any atom is -0.394 e. The summed E-state index contributed by atoms with van der Waals surface area (Å²) in [6.45, 7) is 0. The lowest BCUT2D eigenvalue weighted by Gasteiger charge is -2.07. The third-order valence-corrected chi connectivity index (χ3v) is 1.92. The van der Waals surface area contributed by atoms with Crippen LogP contribution in [-0.4, -0.2) is 9.97 Å². The molecular weight excluding hydrogens is 214 g/mol. The molecule has 0 saturated carbocycles. The molecule has 2 aromatic rings. The van der Waals surface area contributed by atoms with Crippen LogP contribution in [0.2, 0.25) is 0 Å². The van der Waals surface area contributed by atoms with Crippen molar-refractivity contribution in [2.24, 2.45) is 0 Å². The number of nitrogens with zero attached hydrogens (tertiary/aromatic N) is 2. The predicted octanol–water partition coefficient (Wildman–Crippen LogP) is 2.08. The molecule has 1 heterocycles. The van der Waals surface area contributed by atoms with Gasteiger partial charge in [-0.3, -0.25) is 0 Å². The molecule has 0 aliphatic heterocycles. The van der Waals surface area contributed by atoms with Crippen LogP contribution < -0.4 is 11.1 Å². The van der Waals surface area contributed by atoms with Crippen LogP contribution in [0.4, 0.5) is 26.0 Å². The lowest BCUT2D eigenvalue weighted by atomic mass is 10.3. The molecule has 0 atom stereocenters. The van der Waals surface area contributed by atoms with Gasteiger partial charge >= 0.3 is 0 Å². The van der Waals surface area contributed by atoms with E-state index in [1.54, 1.807) is 0 Å². The summed E-state index contributed by atoms with van der Waals surface area (Å²) in [7, 11) is 0. The summed E-state index contributed by atoms with van der Waals surface area (Å²) < 4.78 is 25.6. The minimum atomic E-state index is -0.933. The fourth-order valence-corrected chi connectivity index (χ4v) is 1.16. The Labute approximate surface area is 90.1 Å². The quantitative estimate of drug-likeness (QED) is 0.816. The highest BCUT2D eigenvalue weighted by Gasteiger charge is 2.04. The van der Waals surface area contributed by atoms with Gasteiger partial charge in [-0.25, -0.2) is 18.7 Å². The van der Waals surface area contributed by atoms with Crippen LogP contribution in [0.3, 0.4) is 0 Å². The van der Waals surface area contributed by atoms with Crippen molar-refractivity contribution in [2.75, 3.05) is 11.1 Å². The Bertz CT molecular complexity index is 516. The SMILES string of the molecule is Nc1cncnc1Nc1ccc(F)c(F)c1. The average molecular weight is 222 g/mol. The molecule has 0 saturated heterocycles. The smallest absolute Gasteiger partial charge is 0.160 e. The standard InChI is InChI=1S/C10H8F2N4/c11-7-2-1-6(3-8(7)12)16-10-9(13)4-14-5-15-10/h1-5H,13H2,(H,14,15,16). The van der Waals surface area contributed by atoms with Crippen molar-refractivity contribution in [1.82, 2.24) is 9.97 Å². The first-order valence-corrected chi connectivity index (χ1v) is 4.44. The number of rotatable bonds is 2. The van der Waals surface area contributed by atoms with Crippen LogP contribution in [0.15, 0.2) is 30.7 Å². The number of nitrogens with two attached hydrogens (primary N) is 1. The zero-order valence-corrected chi connectivity index (χ0v) is 8.11. The first-order chi connectivity index (χ1) is 7.66. The van der Waals surface area contributed by atoms with E-state index in [-0.39, 0.29) is 0 Å². The molecule has 2 rings (SSSR count). The summed E-state index contributed by atoms with van der Waals surface area (Å²) in [5, 5.41) is 2.76. The van der Waals surface area contributed by atoms with E-state index >= 15 is 0 Å². The fourth-order valence-electron chi connectivity index (χ4n) is 1.16. The fraction of sp³-hybridized carbons (Fsp3) is 0. The van der Waals surface area contributed by atoms with Gasteiger partial charge in [-0.2, -0.15) is 0 Å². The molecule has 4 nitrogen and oxygen atoms in total. The number of hydrogen-bond acceptors (Lipinski definition) is 4. The summed E-state index contributed by atoms with van der Waals surface area (Å²) in [5.41, 5.74) is 6.27. The van der Waals surface area contributed by atoms with E-state index in [0.717, 1.165) is 12.1 Å². The number of hydrogen-bond donors (Lipinski definition) is 2. The van der Waals surface area contributed by atoms with Gasteiger partial charge in [0, 0.05) is 11.8 Å². The van der Waals surface area contributed by atoms with E-state index in [1.165, 1.54) is 18.6 Å². The van der Waals surface area contributed by atoms with E-state index in [2.05, 4.69) is 15.3 Å². The van der Waals surface area contributed by atoms with E-state index in [0.29, 0.717) is 17.2 Å². The van der Waals surface area contributed by atoms with Gasteiger partial charge in [-0.1, -0.05) is 0 Å². The average Bonchev–Trinajstić information content (AvgIpc) is 2.27. The van der Waals surface area contributed by atoms with Gasteiger partial charge in [0.15, 0.2) is 17.5 Å². The molecule has 0 aliphatic carbocycles. The number of nitrogen functional groups attached to an aromatic ring is 1. The van der Waals surface area contributed by atoms with Crippen LogP contribution in [-0.2, 0) is 0 Å². The van der Waals surface area contributed by atoms with Crippen molar-refractivity contribution >= 4 is 17.2 Å². The van der Waals surface area contributed by atoms with Crippen molar-refractivity contribution in [2.45, 2.75) is 0 Å². The molecule has 0 fully saturated rings. The summed E-state index contributed by atoms with van der Waals surface area (Å²) >= 11 is 0. The molecule has 82 valence electrons. The van der Waals surface area contributed by atoms with Crippen molar-refractivity contribution in [3.63, 3.8) is 0 Å². The van der Waals surface area contributed by atoms with Crippen molar-refractivity contribution in [1.29, 1.82) is 0 Å². The third kappa shape index (κ3) is 2.05. The normalized spacial score (nSPS) is 10.1. The second-order valence-corrected chi connectivity index (χ2v) is 3.08. The summed E-state index contributed by atoms with van der Waals surface area (Å²) in [6.07, 6.45) is 2.72. The van der Waals surface area contributed by atoms with Gasteiger partial charge in [0.1, 0.15) is 6.33 Å². The molecule has 0 radical (unpaired) electrons. The predicted molar refractivity (Wildman–Crippen MR) is 56.1 cm³/mol. The van der Waals surface area contributed by atoms with Gasteiger partial charge < -0.3 is 11.1 Å². The molecule has 1 aromatic heterocycles. The van der Waals surface area contributed by atoms with Gasteiger partial charge in [0.2, 0.25) is 0 Å². The Balaban J connectivity index is 2.28. The zero-order valence-electron chi connectivity index (χ0n) is 8.11. The monoisotopic (exact) mass is 222 g/mol. The number of aromatic nitrogens is 2. The van der Waals surface area contributed by atoms with Gasteiger partial charge in [0.05, 0.1) is 11.9 Å². The second kappa shape index (κ2) is 4.09. The Morgan fingerprint density at radius 3 is 2.69 bits per heavy atom. The Morgan fingerprint density at radius 1 is 1.19 bits per heavy atom. The second-order valence-electron chi connectivity index (χ2n) is 3.08. The lowest BCUT2D eigenvalue weighted by Crippen LogP contribution is -2.00. The Hall–Kier alpha value is -2.24. The maximum atomic E-state index is 12.9. The van der Waals surface area contributed by atoms with E-state index in [1.807, 2.05) is 0 Å². The molecule has 1 aromatic carbocycles. The first kappa shape index (κ1) is 10.3. The largest absolute Gasteiger partial charge is 0.394 e. The summed E-state index contributed by atoms with van der Waals surface area (Å²) in [4.78, 5) is 7.57. The van der Waals surface area contributed by atoms with E-state index < -0.39 is 11.6 Å². The van der Waals surface area contributed by atoms with Crippen molar-refractivity contribution in [3.8, 4) is 0 Å². The molecule has 6 heteroatoms. The van der Waals surface area contributed by atoms with E-state index in [9.17, 15) is 8.78 Å². The highest BCUT2D eigenvalue weighted by atomic mass is 19.2. The molecular formula is C10H8F2N4. The molecule has 16 heavy (non-hydrogen) atoms. The number of anilines is 3. The van der Waals surface area contributed by atoms with Crippen LogP contribution in [0, 0.1) is 11.6 Å². The highest BCUT2D eigenvalue weighted by Crippen LogP contribution is 2.20. The Morgan fingerprint density at radius 2 is 2.00 bits per heavy atom. The minimum absolute atomic E-state index is 0.326. The van der Waals surface area contributed by atoms with Crippen molar-refractivity contribution < 1.29 is 8.78 Å². The zero-order chi connectivity index (χ0) is 11.5. The van der Waals surface area contributed by atoms with Crippen molar-refractivity contribution in [3.05, 3.63) is 42.4 Å². The maximum Gasteiger partial charge on any atom is 0.160 e.